The first kappa shape index (κ1) is 26.4. The van der Waals surface area contributed by atoms with Crippen LogP contribution in [0.1, 0.15) is 49.0 Å². The average Bonchev–Trinajstić information content (AvgIpc) is 3.51. The number of carbonyl (C=O) groups is 2. The molecule has 0 saturated carbocycles. The largest absolute Gasteiger partial charge is 0.481 e. The molecule has 2 aromatic heterocycles. The molecule has 3 unspecified atom stereocenters. The van der Waals surface area contributed by atoms with E-state index in [0.29, 0.717) is 19.3 Å². The average molecular weight is 538 g/mol. The van der Waals surface area contributed by atoms with Gasteiger partial charge in [-0.1, -0.05) is 0 Å². The predicted molar refractivity (Wildman–Crippen MR) is 127 cm³/mol. The highest BCUT2D eigenvalue weighted by Crippen LogP contribution is 2.40. The lowest BCUT2D eigenvalue weighted by Gasteiger charge is -2.39. The summed E-state index contributed by atoms with van der Waals surface area (Å²) in [5.41, 5.74) is 0.633. The molecule has 3 aliphatic rings. The Morgan fingerprint density at radius 2 is 1.97 bits per heavy atom. The maximum Gasteiger partial charge on any atom is 0.296 e. The van der Waals surface area contributed by atoms with Crippen LogP contribution in [0.2, 0.25) is 0 Å². The van der Waals surface area contributed by atoms with Crippen molar-refractivity contribution < 1.29 is 37.3 Å². The number of nitrogens with zero attached hydrogens (tertiary/aromatic N) is 3. The monoisotopic (exact) mass is 537 g/mol. The van der Waals surface area contributed by atoms with Gasteiger partial charge in [0.1, 0.15) is 18.4 Å². The Bertz CT molecular complexity index is 1170. The van der Waals surface area contributed by atoms with E-state index in [1.165, 1.54) is 19.2 Å². The molecule has 2 aromatic rings. The molecule has 10 nitrogen and oxygen atoms in total. The van der Waals surface area contributed by atoms with Gasteiger partial charge in [-0.3, -0.25) is 14.7 Å². The van der Waals surface area contributed by atoms with E-state index in [1.54, 1.807) is 4.90 Å². The number of nitrogens with one attached hydrogen (secondary N) is 2. The van der Waals surface area contributed by atoms with Crippen LogP contribution in [-0.2, 0) is 9.53 Å². The smallest absolute Gasteiger partial charge is 0.296 e. The first-order chi connectivity index (χ1) is 18.2. The summed E-state index contributed by atoms with van der Waals surface area (Å²) in [5, 5.41) is 18.6. The van der Waals surface area contributed by atoms with Crippen LogP contribution in [0.15, 0.2) is 18.3 Å². The van der Waals surface area contributed by atoms with Gasteiger partial charge in [0.25, 0.3) is 11.8 Å². The number of aromatic nitrogens is 3. The predicted octanol–water partition coefficient (Wildman–Crippen LogP) is 2.29. The Hall–Kier alpha value is -3.19. The first-order valence-electron chi connectivity index (χ1n) is 12.7. The van der Waals surface area contributed by atoms with E-state index in [-0.39, 0.29) is 71.7 Å². The van der Waals surface area contributed by atoms with Crippen LogP contribution in [0.5, 0.6) is 5.88 Å². The van der Waals surface area contributed by atoms with Crippen molar-refractivity contribution in [3.8, 4) is 17.1 Å². The number of ether oxygens (including phenoxy) is 2. The van der Waals surface area contributed by atoms with Gasteiger partial charge in [-0.25, -0.2) is 18.2 Å². The van der Waals surface area contributed by atoms with Gasteiger partial charge in [-0.2, -0.15) is 5.10 Å². The highest BCUT2D eigenvalue weighted by atomic mass is 19.3. The Labute approximate surface area is 216 Å². The number of hydrogen-bond donors (Lipinski definition) is 3. The number of methoxy groups -OCH3 is 1. The van der Waals surface area contributed by atoms with Crippen molar-refractivity contribution in [3.63, 3.8) is 0 Å². The van der Waals surface area contributed by atoms with E-state index in [1.807, 2.05) is 0 Å². The van der Waals surface area contributed by atoms with Crippen molar-refractivity contribution in [3.05, 3.63) is 29.8 Å². The molecule has 2 amide bonds. The minimum Gasteiger partial charge on any atom is -0.481 e. The quantitative estimate of drug-likeness (QED) is 0.494. The minimum absolute atomic E-state index is 0.0394. The maximum atomic E-state index is 14.3. The van der Waals surface area contributed by atoms with Crippen molar-refractivity contribution in [2.75, 3.05) is 20.3 Å². The van der Waals surface area contributed by atoms with Gasteiger partial charge < -0.3 is 24.8 Å². The molecule has 0 radical (unpaired) electrons. The number of amides is 2. The molecule has 3 aliphatic heterocycles. The Balaban J connectivity index is 1.19. The van der Waals surface area contributed by atoms with Crippen molar-refractivity contribution in [1.82, 2.24) is 25.4 Å². The first-order valence-corrected chi connectivity index (χ1v) is 12.7. The van der Waals surface area contributed by atoms with E-state index < -0.39 is 24.5 Å². The molecule has 3 saturated heterocycles. The van der Waals surface area contributed by atoms with E-state index in [9.17, 15) is 22.8 Å². The van der Waals surface area contributed by atoms with Crippen LogP contribution >= 0.6 is 0 Å². The number of fused-ring (bicyclic) bond motifs is 2. The molecule has 3 fully saturated rings. The molecule has 206 valence electrons. The SMILES string of the molecule is COc1cc(-c2cc(C(=O)N3[C@@H]4CC[C@H]3CC(C(=O)NC3CCC(C(F)(F)CO)OC3)C4)[nH]n2)c(F)cn1. The third-order valence-corrected chi connectivity index (χ3v) is 7.77. The highest BCUT2D eigenvalue weighted by Gasteiger charge is 2.47. The number of hydrogen-bond acceptors (Lipinski definition) is 7. The summed E-state index contributed by atoms with van der Waals surface area (Å²) in [7, 11) is 1.42. The van der Waals surface area contributed by atoms with Crippen molar-refractivity contribution in [1.29, 1.82) is 0 Å². The van der Waals surface area contributed by atoms with Gasteiger partial charge >= 0.3 is 0 Å². The summed E-state index contributed by atoms with van der Waals surface area (Å²) >= 11 is 0. The summed E-state index contributed by atoms with van der Waals surface area (Å²) in [5.74, 6) is -4.40. The topological polar surface area (TPSA) is 130 Å². The molecular formula is C25H30F3N5O5. The lowest BCUT2D eigenvalue weighted by Crippen LogP contribution is -2.53. The lowest BCUT2D eigenvalue weighted by atomic mass is 9.89. The van der Waals surface area contributed by atoms with Gasteiger partial charge in [0.05, 0.1) is 31.6 Å². The minimum atomic E-state index is -3.30. The van der Waals surface area contributed by atoms with Crippen LogP contribution < -0.4 is 10.1 Å². The van der Waals surface area contributed by atoms with E-state index in [0.717, 1.165) is 19.0 Å². The Kier molecular flexibility index (Phi) is 7.32. The number of halogens is 3. The molecular weight excluding hydrogens is 507 g/mol. The van der Waals surface area contributed by atoms with Crippen LogP contribution in [0.25, 0.3) is 11.3 Å². The zero-order valence-electron chi connectivity index (χ0n) is 20.8. The second-order valence-corrected chi connectivity index (χ2v) is 10.2. The molecule has 2 bridgehead atoms. The zero-order chi connectivity index (χ0) is 27.0. The normalized spacial score (nSPS) is 27.3. The number of H-pyrrole nitrogens is 1. The van der Waals surface area contributed by atoms with E-state index in [4.69, 9.17) is 14.6 Å². The number of aliphatic hydroxyl groups is 1. The van der Waals surface area contributed by atoms with Crippen molar-refractivity contribution in [2.24, 2.45) is 5.92 Å². The number of aromatic amines is 1. The number of aliphatic hydroxyl groups excluding tert-OH is 1. The lowest BCUT2D eigenvalue weighted by molar-refractivity contribution is -0.177. The van der Waals surface area contributed by atoms with Crippen molar-refractivity contribution >= 4 is 11.8 Å². The molecule has 0 aliphatic carbocycles. The fourth-order valence-electron chi connectivity index (χ4n) is 5.78. The highest BCUT2D eigenvalue weighted by molar-refractivity contribution is 5.94. The maximum absolute atomic E-state index is 14.3. The zero-order valence-corrected chi connectivity index (χ0v) is 20.8. The third-order valence-electron chi connectivity index (χ3n) is 7.77. The van der Waals surface area contributed by atoms with Crippen molar-refractivity contribution in [2.45, 2.75) is 68.7 Å². The molecule has 5 atom stereocenters. The Morgan fingerprint density at radius 3 is 2.61 bits per heavy atom. The molecule has 0 aromatic carbocycles. The molecule has 3 N–H and O–H groups in total. The van der Waals surface area contributed by atoms with Gasteiger partial charge in [0.15, 0.2) is 5.82 Å². The summed E-state index contributed by atoms with van der Waals surface area (Å²) in [4.78, 5) is 32.0. The van der Waals surface area contributed by atoms with Crippen LogP contribution in [0.3, 0.4) is 0 Å². The second-order valence-electron chi connectivity index (χ2n) is 10.2. The number of pyridine rings is 1. The van der Waals surface area contributed by atoms with Crippen LogP contribution in [0, 0.1) is 11.7 Å². The Morgan fingerprint density at radius 1 is 1.24 bits per heavy atom. The summed E-state index contributed by atoms with van der Waals surface area (Å²) < 4.78 is 51.9. The summed E-state index contributed by atoms with van der Waals surface area (Å²) in [6.07, 6.45) is 2.56. The third kappa shape index (κ3) is 5.08. The molecule has 5 rings (SSSR count). The molecule has 13 heteroatoms. The fourth-order valence-corrected chi connectivity index (χ4v) is 5.78. The molecule has 0 spiro atoms. The molecule has 5 heterocycles. The van der Waals surface area contributed by atoms with Gasteiger partial charge in [-0.15, -0.1) is 0 Å². The standard InChI is InChI=1S/C25H30F3N5O5/c1-37-22-8-17(18(26)10-29-22)19-9-20(32-31-19)24(36)33-15-3-4-16(33)7-13(6-15)23(35)30-14-2-5-21(38-11-14)25(27,28)12-34/h8-10,13-16,21,34H,2-7,11-12H2,1H3,(H,30,35)(H,31,32)/t13?,14?,15-,16+,21?. The van der Waals surface area contributed by atoms with Gasteiger partial charge in [-0.05, 0) is 44.6 Å². The summed E-state index contributed by atoms with van der Waals surface area (Å²) in [6.45, 7) is -1.31. The van der Waals surface area contributed by atoms with Crippen LogP contribution in [-0.4, -0.2) is 87.5 Å². The fraction of sp³-hybridized carbons (Fsp3) is 0.600. The number of piperidine rings is 1. The van der Waals surface area contributed by atoms with Crippen LogP contribution in [0.4, 0.5) is 13.2 Å². The van der Waals surface area contributed by atoms with Gasteiger partial charge in [0, 0.05) is 29.6 Å². The van der Waals surface area contributed by atoms with E-state index >= 15 is 0 Å². The van der Waals surface area contributed by atoms with Gasteiger partial charge in [0.2, 0.25) is 11.8 Å². The van der Waals surface area contributed by atoms with E-state index in [2.05, 4.69) is 20.5 Å². The number of carbonyl (C=O) groups excluding carboxylic acids is 2. The number of rotatable bonds is 7. The summed E-state index contributed by atoms with van der Waals surface area (Å²) in [6, 6.07) is 2.27. The molecule has 38 heavy (non-hydrogen) atoms. The second kappa shape index (κ2) is 10.5. The number of alkyl halides is 2.